The molecule has 5 heteroatoms. The van der Waals surface area contributed by atoms with Crippen LogP contribution in [0.4, 0.5) is 0 Å². The Morgan fingerprint density at radius 3 is 2.55 bits per heavy atom. The van der Waals surface area contributed by atoms with Crippen molar-refractivity contribution in [2.75, 3.05) is 6.54 Å². The van der Waals surface area contributed by atoms with E-state index in [1.807, 2.05) is 24.5 Å². The predicted octanol–water partition coefficient (Wildman–Crippen LogP) is -2.79. The van der Waals surface area contributed by atoms with Gasteiger partial charge in [-0.1, -0.05) is 18.2 Å². The molecule has 0 amide bonds. The van der Waals surface area contributed by atoms with Crippen LogP contribution in [-0.2, 0) is 13.0 Å². The molecule has 3 aromatic rings. The van der Waals surface area contributed by atoms with Crippen LogP contribution in [0, 0.1) is 6.92 Å². The Bertz CT molecular complexity index is 695. The van der Waals surface area contributed by atoms with Crippen molar-refractivity contribution in [1.29, 1.82) is 0 Å². The van der Waals surface area contributed by atoms with E-state index in [9.17, 15) is 0 Å². The Labute approximate surface area is 143 Å². The van der Waals surface area contributed by atoms with Gasteiger partial charge in [0, 0.05) is 35.5 Å². The molecule has 0 bridgehead atoms. The van der Waals surface area contributed by atoms with Crippen LogP contribution in [0.2, 0.25) is 0 Å². The summed E-state index contributed by atoms with van der Waals surface area (Å²) in [5.41, 5.74) is 5.20. The summed E-state index contributed by atoms with van der Waals surface area (Å²) in [7, 11) is 0. The molecule has 0 aliphatic carbocycles. The summed E-state index contributed by atoms with van der Waals surface area (Å²) in [5.74, 6) is 0. The SMILES string of the molecule is Cc1[nH]c2ccccc2c1CCNCc1ccncc1.[Cl-].[Cl-]. The first-order chi connectivity index (χ1) is 9.84. The molecule has 2 heterocycles. The average molecular weight is 336 g/mol. The first-order valence-electron chi connectivity index (χ1n) is 7.00. The highest BCUT2D eigenvalue weighted by molar-refractivity contribution is 5.84. The maximum atomic E-state index is 4.03. The van der Waals surface area contributed by atoms with Crippen LogP contribution in [0.25, 0.3) is 10.9 Å². The zero-order valence-corrected chi connectivity index (χ0v) is 14.0. The number of rotatable bonds is 5. The van der Waals surface area contributed by atoms with Crippen LogP contribution in [0.5, 0.6) is 0 Å². The molecule has 0 aliphatic heterocycles. The summed E-state index contributed by atoms with van der Waals surface area (Å²) in [4.78, 5) is 7.48. The number of benzene rings is 1. The molecule has 0 fully saturated rings. The highest BCUT2D eigenvalue weighted by atomic mass is 35.5. The van der Waals surface area contributed by atoms with E-state index in [1.54, 1.807) is 0 Å². The second kappa shape index (κ2) is 8.79. The van der Waals surface area contributed by atoms with E-state index in [2.05, 4.69) is 46.5 Å². The summed E-state index contributed by atoms with van der Waals surface area (Å²) in [6.07, 6.45) is 4.71. The third kappa shape index (κ3) is 4.23. The largest absolute Gasteiger partial charge is 1.00 e. The molecule has 0 unspecified atom stereocenters. The summed E-state index contributed by atoms with van der Waals surface area (Å²) in [6, 6.07) is 12.6. The topological polar surface area (TPSA) is 40.7 Å². The number of H-pyrrole nitrogens is 1. The van der Waals surface area contributed by atoms with Gasteiger partial charge in [-0.05, 0) is 49.2 Å². The number of para-hydroxylation sites is 1. The van der Waals surface area contributed by atoms with E-state index in [1.165, 1.54) is 27.7 Å². The lowest BCUT2D eigenvalue weighted by molar-refractivity contribution is -0.00100. The number of fused-ring (bicyclic) bond motifs is 1. The number of hydrogen-bond donors (Lipinski definition) is 2. The lowest BCUT2D eigenvalue weighted by Crippen LogP contribution is -3.00. The Balaban J connectivity index is 0.00000121. The van der Waals surface area contributed by atoms with Crippen LogP contribution < -0.4 is 30.1 Å². The molecular formula is C17H19Cl2N3-2. The maximum absolute atomic E-state index is 4.03. The minimum Gasteiger partial charge on any atom is -1.00 e. The van der Waals surface area contributed by atoms with Crippen molar-refractivity contribution in [2.45, 2.75) is 19.9 Å². The fourth-order valence-electron chi connectivity index (χ4n) is 2.60. The second-order valence-corrected chi connectivity index (χ2v) is 5.06. The number of nitrogens with one attached hydrogen (secondary N) is 2. The standard InChI is InChI=1S/C17H19N3.2ClH/c1-13-15(16-4-2-3-5-17(16)20-13)8-11-19-12-14-6-9-18-10-7-14;;/h2-7,9-10,19-20H,8,11-12H2,1H3;2*1H/p-2. The van der Waals surface area contributed by atoms with Gasteiger partial charge >= 0.3 is 0 Å². The van der Waals surface area contributed by atoms with Gasteiger partial charge in [0.2, 0.25) is 0 Å². The number of hydrogen-bond acceptors (Lipinski definition) is 2. The monoisotopic (exact) mass is 335 g/mol. The van der Waals surface area contributed by atoms with Gasteiger partial charge in [0.15, 0.2) is 0 Å². The molecule has 0 aliphatic rings. The van der Waals surface area contributed by atoms with Crippen molar-refractivity contribution in [2.24, 2.45) is 0 Å². The van der Waals surface area contributed by atoms with Gasteiger partial charge in [0.05, 0.1) is 0 Å². The minimum absolute atomic E-state index is 0. The summed E-state index contributed by atoms with van der Waals surface area (Å²) < 4.78 is 0. The number of aryl methyl sites for hydroxylation is 1. The van der Waals surface area contributed by atoms with E-state index in [0.717, 1.165) is 19.5 Å². The number of pyridine rings is 1. The maximum Gasteiger partial charge on any atom is 0.0458 e. The molecule has 118 valence electrons. The Kier molecular flexibility index (Phi) is 7.39. The minimum atomic E-state index is 0. The molecule has 0 saturated heterocycles. The van der Waals surface area contributed by atoms with Gasteiger partial charge in [-0.25, -0.2) is 0 Å². The van der Waals surface area contributed by atoms with E-state index >= 15 is 0 Å². The molecule has 0 saturated carbocycles. The molecule has 2 N–H and O–H groups in total. The van der Waals surface area contributed by atoms with Gasteiger partial charge in [0.25, 0.3) is 0 Å². The van der Waals surface area contributed by atoms with E-state index in [4.69, 9.17) is 0 Å². The molecule has 0 atom stereocenters. The first kappa shape index (κ1) is 18.5. The Morgan fingerprint density at radius 2 is 1.77 bits per heavy atom. The molecular weight excluding hydrogens is 317 g/mol. The first-order valence-corrected chi connectivity index (χ1v) is 7.00. The summed E-state index contributed by atoms with van der Waals surface area (Å²) in [5, 5.41) is 4.83. The quantitative estimate of drug-likeness (QED) is 0.495. The van der Waals surface area contributed by atoms with Crippen molar-refractivity contribution in [3.05, 3.63) is 65.6 Å². The Hall–Kier alpha value is -1.55. The fraction of sp³-hybridized carbons (Fsp3) is 0.235. The summed E-state index contributed by atoms with van der Waals surface area (Å²) >= 11 is 0. The third-order valence-corrected chi connectivity index (χ3v) is 3.66. The van der Waals surface area contributed by atoms with E-state index < -0.39 is 0 Å². The van der Waals surface area contributed by atoms with Gasteiger partial charge < -0.3 is 35.1 Å². The fourth-order valence-corrected chi connectivity index (χ4v) is 2.60. The van der Waals surface area contributed by atoms with Gasteiger partial charge in [0.1, 0.15) is 0 Å². The van der Waals surface area contributed by atoms with Gasteiger partial charge in [-0.3, -0.25) is 4.98 Å². The highest BCUT2D eigenvalue weighted by Gasteiger charge is 2.06. The lowest BCUT2D eigenvalue weighted by atomic mass is 10.1. The molecule has 2 aromatic heterocycles. The molecule has 0 spiro atoms. The number of aromatic nitrogens is 2. The van der Waals surface area contributed by atoms with Crippen LogP contribution >= 0.6 is 0 Å². The van der Waals surface area contributed by atoms with Crippen molar-refractivity contribution >= 4 is 10.9 Å². The third-order valence-electron chi connectivity index (χ3n) is 3.66. The lowest BCUT2D eigenvalue weighted by Gasteiger charge is -2.05. The smallest absolute Gasteiger partial charge is 0.0458 e. The predicted molar refractivity (Wildman–Crippen MR) is 82.7 cm³/mol. The Morgan fingerprint density at radius 1 is 1.05 bits per heavy atom. The van der Waals surface area contributed by atoms with Crippen LogP contribution in [0.15, 0.2) is 48.8 Å². The van der Waals surface area contributed by atoms with Crippen LogP contribution in [0.1, 0.15) is 16.8 Å². The second-order valence-electron chi connectivity index (χ2n) is 5.06. The molecule has 0 radical (unpaired) electrons. The van der Waals surface area contributed by atoms with Gasteiger partial charge in [-0.2, -0.15) is 0 Å². The number of aromatic amines is 1. The number of nitrogens with zero attached hydrogens (tertiary/aromatic N) is 1. The molecule has 22 heavy (non-hydrogen) atoms. The van der Waals surface area contributed by atoms with E-state index in [0.29, 0.717) is 0 Å². The molecule has 1 aromatic carbocycles. The molecule has 3 nitrogen and oxygen atoms in total. The molecule has 3 rings (SSSR count). The van der Waals surface area contributed by atoms with Gasteiger partial charge in [-0.15, -0.1) is 0 Å². The van der Waals surface area contributed by atoms with Crippen molar-refractivity contribution in [1.82, 2.24) is 15.3 Å². The zero-order valence-electron chi connectivity index (χ0n) is 12.4. The highest BCUT2D eigenvalue weighted by Crippen LogP contribution is 2.21. The normalized spacial score (nSPS) is 10.0. The van der Waals surface area contributed by atoms with Crippen LogP contribution in [0.3, 0.4) is 0 Å². The zero-order chi connectivity index (χ0) is 13.8. The summed E-state index contributed by atoms with van der Waals surface area (Å²) in [6.45, 7) is 4.02. The average Bonchev–Trinajstić information content (AvgIpc) is 2.80. The van der Waals surface area contributed by atoms with Crippen molar-refractivity contribution in [3.8, 4) is 0 Å². The van der Waals surface area contributed by atoms with Crippen LogP contribution in [-0.4, -0.2) is 16.5 Å². The van der Waals surface area contributed by atoms with Crippen molar-refractivity contribution in [3.63, 3.8) is 0 Å². The van der Waals surface area contributed by atoms with Crippen molar-refractivity contribution < 1.29 is 24.8 Å². The van der Waals surface area contributed by atoms with E-state index in [-0.39, 0.29) is 24.8 Å². The number of halogens is 2.